The van der Waals surface area contributed by atoms with Crippen LogP contribution in [0.1, 0.15) is 24.7 Å². The summed E-state index contributed by atoms with van der Waals surface area (Å²) < 4.78 is 10.4. The van der Waals surface area contributed by atoms with Crippen LogP contribution in [0.2, 0.25) is 0 Å². The number of methoxy groups -OCH3 is 1. The average molecular weight is 196 g/mol. The van der Waals surface area contributed by atoms with E-state index in [9.17, 15) is 0 Å². The highest BCUT2D eigenvalue weighted by atomic mass is 16.5. The van der Waals surface area contributed by atoms with Crippen LogP contribution in [0.25, 0.3) is 0 Å². The molecule has 0 fully saturated rings. The van der Waals surface area contributed by atoms with E-state index in [2.05, 4.69) is 17.0 Å². The van der Waals surface area contributed by atoms with Crippen molar-refractivity contribution in [3.05, 3.63) is 11.3 Å². The van der Waals surface area contributed by atoms with Gasteiger partial charge in [-0.1, -0.05) is 6.92 Å². The molecule has 14 heavy (non-hydrogen) atoms. The molecule has 0 saturated heterocycles. The molecule has 2 rings (SSSR count). The van der Waals surface area contributed by atoms with Gasteiger partial charge in [0.15, 0.2) is 0 Å². The highest BCUT2D eigenvalue weighted by Gasteiger charge is 2.23. The topological polar surface area (TPSA) is 38.5 Å². The molecule has 1 aromatic heterocycles. The van der Waals surface area contributed by atoms with E-state index in [1.807, 2.05) is 0 Å². The highest BCUT2D eigenvalue weighted by Crippen LogP contribution is 2.27. The van der Waals surface area contributed by atoms with Crippen molar-refractivity contribution in [2.45, 2.75) is 26.3 Å². The summed E-state index contributed by atoms with van der Waals surface area (Å²) in [6, 6.07) is 0. The first-order valence-corrected chi connectivity index (χ1v) is 5.09. The fraction of sp³-hybridized carbons (Fsp3) is 0.700. The van der Waals surface area contributed by atoms with Crippen LogP contribution >= 0.6 is 0 Å². The van der Waals surface area contributed by atoms with Gasteiger partial charge in [0.05, 0.1) is 12.7 Å². The number of aromatic nitrogens is 1. The first kappa shape index (κ1) is 9.52. The summed E-state index contributed by atoms with van der Waals surface area (Å²) >= 11 is 0. The monoisotopic (exact) mass is 196 g/mol. The number of hydrogen-bond acceptors (Lipinski definition) is 4. The molecule has 0 radical (unpaired) electrons. The van der Waals surface area contributed by atoms with Crippen LogP contribution in [0, 0.1) is 0 Å². The van der Waals surface area contributed by atoms with E-state index < -0.39 is 0 Å². The molecular formula is C10H16N2O2. The third-order valence-corrected chi connectivity index (χ3v) is 2.60. The second-order valence-electron chi connectivity index (χ2n) is 3.62. The zero-order chi connectivity index (χ0) is 9.97. The Bertz CT molecular complexity index is 296. The van der Waals surface area contributed by atoms with Crippen molar-refractivity contribution in [2.75, 3.05) is 20.2 Å². The van der Waals surface area contributed by atoms with Gasteiger partial charge in [-0.3, -0.25) is 4.90 Å². The molecular weight excluding hydrogens is 180 g/mol. The minimum absolute atomic E-state index is 0.654. The zero-order valence-corrected chi connectivity index (χ0v) is 8.75. The van der Waals surface area contributed by atoms with Gasteiger partial charge in [-0.2, -0.15) is 0 Å². The van der Waals surface area contributed by atoms with Crippen LogP contribution in [0.4, 0.5) is 0 Å². The molecule has 1 aliphatic heterocycles. The van der Waals surface area contributed by atoms with Gasteiger partial charge in [0.2, 0.25) is 0 Å². The number of ether oxygens (including phenoxy) is 1. The Morgan fingerprint density at radius 1 is 1.57 bits per heavy atom. The maximum atomic E-state index is 5.20. The summed E-state index contributed by atoms with van der Waals surface area (Å²) in [7, 11) is 1.64. The predicted molar refractivity (Wildman–Crippen MR) is 52.3 cm³/mol. The standard InChI is InChI=1S/C10H16N2O2/c1-3-5-12-6-4-9-8(7-12)10(13-2)11-14-9/h3-7H2,1-2H3. The van der Waals surface area contributed by atoms with Gasteiger partial charge in [0.25, 0.3) is 5.88 Å². The smallest absolute Gasteiger partial charge is 0.258 e. The van der Waals surface area contributed by atoms with Crippen molar-refractivity contribution in [2.24, 2.45) is 0 Å². The van der Waals surface area contributed by atoms with Crippen LogP contribution in [0.3, 0.4) is 0 Å². The van der Waals surface area contributed by atoms with Gasteiger partial charge in [-0.15, -0.1) is 0 Å². The molecule has 0 atom stereocenters. The molecule has 0 aliphatic carbocycles. The molecule has 1 aliphatic rings. The van der Waals surface area contributed by atoms with Crippen LogP contribution in [0.5, 0.6) is 5.88 Å². The van der Waals surface area contributed by atoms with E-state index in [1.165, 1.54) is 6.42 Å². The molecule has 2 heterocycles. The quantitative estimate of drug-likeness (QED) is 0.733. The van der Waals surface area contributed by atoms with Gasteiger partial charge in [0, 0.05) is 19.5 Å². The van der Waals surface area contributed by atoms with Crippen molar-refractivity contribution in [3.8, 4) is 5.88 Å². The second-order valence-corrected chi connectivity index (χ2v) is 3.62. The Labute approximate surface area is 83.8 Å². The van der Waals surface area contributed by atoms with E-state index in [4.69, 9.17) is 9.26 Å². The number of rotatable bonds is 3. The lowest BCUT2D eigenvalue weighted by Gasteiger charge is -2.24. The van der Waals surface area contributed by atoms with Crippen molar-refractivity contribution in [1.29, 1.82) is 0 Å². The molecule has 78 valence electrons. The van der Waals surface area contributed by atoms with Gasteiger partial charge in [-0.25, -0.2) is 0 Å². The summed E-state index contributed by atoms with van der Waals surface area (Å²) in [6.07, 6.45) is 2.13. The largest absolute Gasteiger partial charge is 0.479 e. The molecule has 0 N–H and O–H groups in total. The minimum atomic E-state index is 0.654. The Balaban J connectivity index is 2.14. The van der Waals surface area contributed by atoms with Crippen LogP contribution in [0.15, 0.2) is 4.52 Å². The van der Waals surface area contributed by atoms with Gasteiger partial charge in [0.1, 0.15) is 5.76 Å². The Morgan fingerprint density at radius 2 is 2.43 bits per heavy atom. The zero-order valence-electron chi connectivity index (χ0n) is 8.75. The van der Waals surface area contributed by atoms with Crippen LogP contribution in [-0.4, -0.2) is 30.3 Å². The summed E-state index contributed by atoms with van der Waals surface area (Å²) in [5.41, 5.74) is 1.13. The summed E-state index contributed by atoms with van der Waals surface area (Å²) in [5.74, 6) is 1.65. The first-order chi connectivity index (χ1) is 6.85. The van der Waals surface area contributed by atoms with Gasteiger partial charge in [-0.05, 0) is 18.1 Å². The molecule has 0 bridgehead atoms. The molecule has 4 heteroatoms. The van der Waals surface area contributed by atoms with Gasteiger partial charge >= 0.3 is 0 Å². The maximum Gasteiger partial charge on any atom is 0.258 e. The summed E-state index contributed by atoms with van der Waals surface area (Å²) in [6.45, 7) is 5.31. The fourth-order valence-corrected chi connectivity index (χ4v) is 1.91. The number of fused-ring (bicyclic) bond motifs is 1. The molecule has 0 amide bonds. The van der Waals surface area contributed by atoms with Crippen molar-refractivity contribution in [1.82, 2.24) is 10.1 Å². The van der Waals surface area contributed by atoms with E-state index in [0.29, 0.717) is 5.88 Å². The Morgan fingerprint density at radius 3 is 3.14 bits per heavy atom. The van der Waals surface area contributed by atoms with Crippen LogP contribution in [-0.2, 0) is 13.0 Å². The second kappa shape index (κ2) is 4.00. The molecule has 0 spiro atoms. The van der Waals surface area contributed by atoms with E-state index in [1.54, 1.807) is 7.11 Å². The minimum Gasteiger partial charge on any atom is -0.479 e. The van der Waals surface area contributed by atoms with Crippen molar-refractivity contribution >= 4 is 0 Å². The van der Waals surface area contributed by atoms with Crippen molar-refractivity contribution < 1.29 is 9.26 Å². The molecule has 0 aromatic carbocycles. The highest BCUT2D eigenvalue weighted by molar-refractivity contribution is 5.29. The summed E-state index contributed by atoms with van der Waals surface area (Å²) in [4.78, 5) is 2.40. The first-order valence-electron chi connectivity index (χ1n) is 5.09. The van der Waals surface area contributed by atoms with E-state index in [0.717, 1.165) is 37.4 Å². The molecule has 0 saturated carbocycles. The average Bonchev–Trinajstić information content (AvgIpc) is 2.60. The van der Waals surface area contributed by atoms with Gasteiger partial charge < -0.3 is 9.26 Å². The summed E-state index contributed by atoms with van der Waals surface area (Å²) in [5, 5.41) is 3.89. The predicted octanol–water partition coefficient (Wildman–Crippen LogP) is 1.45. The SMILES string of the molecule is CCCN1CCc2onc(OC)c2C1. The number of nitrogens with zero attached hydrogens (tertiary/aromatic N) is 2. The van der Waals surface area contributed by atoms with E-state index >= 15 is 0 Å². The third-order valence-electron chi connectivity index (χ3n) is 2.60. The molecule has 4 nitrogen and oxygen atoms in total. The lowest BCUT2D eigenvalue weighted by atomic mass is 10.1. The third kappa shape index (κ3) is 1.62. The number of hydrogen-bond donors (Lipinski definition) is 0. The maximum absolute atomic E-state index is 5.20. The molecule has 0 unspecified atom stereocenters. The van der Waals surface area contributed by atoms with Crippen molar-refractivity contribution in [3.63, 3.8) is 0 Å². The lowest BCUT2D eigenvalue weighted by Crippen LogP contribution is -2.30. The fourth-order valence-electron chi connectivity index (χ4n) is 1.91. The lowest BCUT2D eigenvalue weighted by molar-refractivity contribution is 0.236. The normalized spacial score (nSPS) is 16.7. The van der Waals surface area contributed by atoms with E-state index in [-0.39, 0.29) is 0 Å². The Hall–Kier alpha value is -1.03. The molecule has 1 aromatic rings. The van der Waals surface area contributed by atoms with Crippen LogP contribution < -0.4 is 4.74 Å². The Kier molecular flexibility index (Phi) is 2.72.